The normalized spacial score (nSPS) is 12.3. The van der Waals surface area contributed by atoms with E-state index in [0.717, 1.165) is 48.4 Å². The monoisotopic (exact) mass is 384 g/mol. The fourth-order valence-electron chi connectivity index (χ4n) is 3.03. The molecule has 0 aliphatic heterocycles. The highest BCUT2D eigenvalue weighted by atomic mass is 16.5. The molecular weight excluding hydrogens is 356 g/mol. The molecular formula is C20H28N6O2. The predicted octanol–water partition coefficient (Wildman–Crippen LogP) is 2.95. The third-order valence-electron chi connectivity index (χ3n) is 4.95. The van der Waals surface area contributed by atoms with Crippen LogP contribution in [0.5, 0.6) is 5.75 Å². The Hall–Kier alpha value is -2.90. The van der Waals surface area contributed by atoms with Crippen molar-refractivity contribution in [2.45, 2.75) is 40.0 Å². The van der Waals surface area contributed by atoms with Crippen molar-refractivity contribution in [1.29, 1.82) is 0 Å². The van der Waals surface area contributed by atoms with E-state index in [1.807, 2.05) is 43.4 Å². The lowest BCUT2D eigenvalue weighted by Crippen LogP contribution is -2.29. The Balaban J connectivity index is 1.66. The van der Waals surface area contributed by atoms with E-state index >= 15 is 0 Å². The molecule has 0 bridgehead atoms. The topological polar surface area (TPSA) is 93.4 Å². The Bertz CT molecular complexity index is 968. The molecule has 3 rings (SSSR count). The summed E-state index contributed by atoms with van der Waals surface area (Å²) < 4.78 is 7.32. The fraction of sp³-hybridized carbons (Fsp3) is 0.500. The van der Waals surface area contributed by atoms with Gasteiger partial charge in [-0.3, -0.25) is 9.20 Å². The average molecular weight is 384 g/mol. The van der Waals surface area contributed by atoms with E-state index in [9.17, 15) is 4.79 Å². The van der Waals surface area contributed by atoms with E-state index in [1.54, 1.807) is 7.11 Å². The van der Waals surface area contributed by atoms with Gasteiger partial charge in [-0.05, 0) is 38.3 Å². The van der Waals surface area contributed by atoms with E-state index in [2.05, 4.69) is 20.8 Å². The van der Waals surface area contributed by atoms with Crippen LogP contribution in [0.2, 0.25) is 0 Å². The smallest absolute Gasteiger partial charge is 0.222 e. The van der Waals surface area contributed by atoms with Gasteiger partial charge in [-0.2, -0.15) is 0 Å². The van der Waals surface area contributed by atoms with E-state index in [1.165, 1.54) is 0 Å². The van der Waals surface area contributed by atoms with E-state index in [-0.39, 0.29) is 11.8 Å². The van der Waals surface area contributed by atoms with Gasteiger partial charge in [0.15, 0.2) is 5.82 Å². The predicted molar refractivity (Wildman–Crippen MR) is 110 cm³/mol. The zero-order chi connectivity index (χ0) is 20.1. The third kappa shape index (κ3) is 4.16. The maximum atomic E-state index is 11.8. The molecule has 1 atom stereocenters. The lowest BCUT2D eigenvalue weighted by Gasteiger charge is -2.11. The van der Waals surface area contributed by atoms with Crippen LogP contribution in [-0.2, 0) is 4.79 Å². The minimum absolute atomic E-state index is 0.0707. The Labute approximate surface area is 164 Å². The number of rotatable bonds is 9. The van der Waals surface area contributed by atoms with Crippen LogP contribution >= 0.6 is 0 Å². The minimum atomic E-state index is 0.0707. The summed E-state index contributed by atoms with van der Waals surface area (Å²) in [7, 11) is 1.64. The number of aromatic nitrogens is 4. The molecule has 28 heavy (non-hydrogen) atoms. The first-order valence-electron chi connectivity index (χ1n) is 9.76. The number of anilines is 1. The number of carbonyl (C=O) groups is 1. The molecule has 2 N–H and O–H groups in total. The zero-order valence-corrected chi connectivity index (χ0v) is 17.0. The summed E-state index contributed by atoms with van der Waals surface area (Å²) in [6, 6.07) is 5.78. The SMILES string of the molecule is CCC(C)C(=O)NCCCCNc1nc2cc(OC)ccc2n2c(C)nnc12. The number of amides is 1. The molecule has 1 unspecified atom stereocenters. The van der Waals surface area contributed by atoms with E-state index < -0.39 is 0 Å². The molecule has 3 aromatic rings. The highest BCUT2D eigenvalue weighted by Gasteiger charge is 2.13. The minimum Gasteiger partial charge on any atom is -0.497 e. The van der Waals surface area contributed by atoms with E-state index in [0.29, 0.717) is 18.0 Å². The highest BCUT2D eigenvalue weighted by molar-refractivity contribution is 5.84. The zero-order valence-electron chi connectivity index (χ0n) is 17.0. The molecule has 1 aromatic carbocycles. The van der Waals surface area contributed by atoms with Crippen LogP contribution in [0.25, 0.3) is 16.7 Å². The van der Waals surface area contributed by atoms with Crippen LogP contribution in [0, 0.1) is 12.8 Å². The average Bonchev–Trinajstić information content (AvgIpc) is 3.11. The highest BCUT2D eigenvalue weighted by Crippen LogP contribution is 2.24. The second-order valence-corrected chi connectivity index (χ2v) is 6.96. The van der Waals surface area contributed by atoms with Gasteiger partial charge in [-0.15, -0.1) is 10.2 Å². The number of fused-ring (bicyclic) bond motifs is 3. The van der Waals surface area contributed by atoms with Gasteiger partial charge in [-0.25, -0.2) is 4.98 Å². The van der Waals surface area contributed by atoms with Crippen molar-refractivity contribution in [3.8, 4) is 5.75 Å². The maximum Gasteiger partial charge on any atom is 0.222 e. The standard InChI is InChI=1S/C20H28N6O2/c1-5-13(2)20(27)22-11-7-6-10-21-18-19-25-24-14(3)26(19)17-9-8-15(28-4)12-16(17)23-18/h8-9,12-13H,5-7,10-11H2,1-4H3,(H,21,23)(H,22,27). The van der Waals surface area contributed by atoms with Crippen molar-refractivity contribution in [3.63, 3.8) is 0 Å². The van der Waals surface area contributed by atoms with Gasteiger partial charge in [0.2, 0.25) is 11.6 Å². The van der Waals surface area contributed by atoms with Crippen molar-refractivity contribution in [3.05, 3.63) is 24.0 Å². The Morgan fingerprint density at radius 2 is 2.04 bits per heavy atom. The summed E-state index contributed by atoms with van der Waals surface area (Å²) in [5.74, 6) is 2.46. The lowest BCUT2D eigenvalue weighted by atomic mass is 10.1. The summed E-state index contributed by atoms with van der Waals surface area (Å²) in [6.45, 7) is 7.32. The van der Waals surface area contributed by atoms with Crippen molar-refractivity contribution >= 4 is 28.4 Å². The van der Waals surface area contributed by atoms with Crippen LogP contribution in [-0.4, -0.2) is 45.7 Å². The molecule has 150 valence electrons. The first-order chi connectivity index (χ1) is 13.5. The van der Waals surface area contributed by atoms with Gasteiger partial charge in [0.05, 0.1) is 18.1 Å². The number of nitrogens with one attached hydrogen (secondary N) is 2. The summed E-state index contributed by atoms with van der Waals surface area (Å²) in [5.41, 5.74) is 2.47. The van der Waals surface area contributed by atoms with E-state index in [4.69, 9.17) is 9.72 Å². The van der Waals surface area contributed by atoms with Crippen molar-refractivity contribution in [2.24, 2.45) is 5.92 Å². The Morgan fingerprint density at radius 3 is 2.79 bits per heavy atom. The van der Waals surface area contributed by atoms with Gasteiger partial charge in [-0.1, -0.05) is 13.8 Å². The van der Waals surface area contributed by atoms with Gasteiger partial charge >= 0.3 is 0 Å². The molecule has 0 fully saturated rings. The number of benzene rings is 1. The van der Waals surface area contributed by atoms with Crippen LogP contribution in [0.15, 0.2) is 18.2 Å². The summed E-state index contributed by atoms with van der Waals surface area (Å²) in [4.78, 5) is 16.5. The number of unbranched alkanes of at least 4 members (excludes halogenated alkanes) is 1. The summed E-state index contributed by atoms with van der Waals surface area (Å²) in [6.07, 6.45) is 2.68. The molecule has 2 heterocycles. The van der Waals surface area contributed by atoms with Gasteiger partial charge < -0.3 is 15.4 Å². The first-order valence-corrected chi connectivity index (χ1v) is 9.76. The maximum absolute atomic E-state index is 11.8. The number of hydrogen-bond donors (Lipinski definition) is 2. The Morgan fingerprint density at radius 1 is 1.25 bits per heavy atom. The van der Waals surface area contributed by atoms with Gasteiger partial charge in [0.25, 0.3) is 0 Å². The fourth-order valence-corrected chi connectivity index (χ4v) is 3.03. The third-order valence-corrected chi connectivity index (χ3v) is 4.95. The molecule has 0 saturated carbocycles. The van der Waals surface area contributed by atoms with Crippen LogP contribution < -0.4 is 15.4 Å². The van der Waals surface area contributed by atoms with Gasteiger partial charge in [0.1, 0.15) is 11.6 Å². The molecule has 8 heteroatoms. The molecule has 2 aromatic heterocycles. The number of aryl methyl sites for hydroxylation is 1. The lowest BCUT2D eigenvalue weighted by molar-refractivity contribution is -0.124. The largest absolute Gasteiger partial charge is 0.497 e. The molecule has 0 aliphatic carbocycles. The number of methoxy groups -OCH3 is 1. The molecule has 0 aliphatic rings. The summed E-state index contributed by atoms with van der Waals surface area (Å²) >= 11 is 0. The number of hydrogen-bond acceptors (Lipinski definition) is 6. The van der Waals surface area contributed by atoms with Crippen LogP contribution in [0.4, 0.5) is 5.82 Å². The van der Waals surface area contributed by atoms with Crippen LogP contribution in [0.1, 0.15) is 38.9 Å². The quantitative estimate of drug-likeness (QED) is 0.551. The Kier molecular flexibility index (Phi) is 6.28. The first kappa shape index (κ1) is 19.9. The van der Waals surface area contributed by atoms with Gasteiger partial charge in [0, 0.05) is 25.1 Å². The van der Waals surface area contributed by atoms with Crippen molar-refractivity contribution in [1.82, 2.24) is 24.9 Å². The number of ether oxygens (including phenoxy) is 1. The molecule has 1 amide bonds. The molecule has 0 saturated heterocycles. The molecule has 0 spiro atoms. The number of nitrogens with zero attached hydrogens (tertiary/aromatic N) is 4. The van der Waals surface area contributed by atoms with Crippen molar-refractivity contribution in [2.75, 3.05) is 25.5 Å². The second-order valence-electron chi connectivity index (χ2n) is 6.96. The number of carbonyl (C=O) groups excluding carboxylic acids is 1. The van der Waals surface area contributed by atoms with Crippen LogP contribution in [0.3, 0.4) is 0 Å². The van der Waals surface area contributed by atoms with Crippen molar-refractivity contribution < 1.29 is 9.53 Å². The molecule has 8 nitrogen and oxygen atoms in total. The second kappa shape index (κ2) is 8.86. The molecule has 0 radical (unpaired) electrons. The summed E-state index contributed by atoms with van der Waals surface area (Å²) in [5, 5.41) is 14.8.